The number of rotatable bonds is 7. The summed E-state index contributed by atoms with van der Waals surface area (Å²) in [4.78, 5) is 11.4. The van der Waals surface area contributed by atoms with Gasteiger partial charge in [0.25, 0.3) is 5.97 Å². The summed E-state index contributed by atoms with van der Waals surface area (Å²) in [7, 11) is -0.877. The van der Waals surface area contributed by atoms with Crippen molar-refractivity contribution in [3.05, 3.63) is 127 Å². The van der Waals surface area contributed by atoms with Crippen LogP contribution in [0.2, 0.25) is 0 Å². The van der Waals surface area contributed by atoms with Crippen molar-refractivity contribution in [1.29, 1.82) is 0 Å². The van der Waals surface area contributed by atoms with Crippen LogP contribution >= 0.6 is 7.92 Å². The first-order chi connectivity index (χ1) is 17.0. The Labute approximate surface area is 231 Å². The van der Waals surface area contributed by atoms with Crippen molar-refractivity contribution in [2.24, 2.45) is 0 Å². The van der Waals surface area contributed by atoms with Crippen molar-refractivity contribution in [1.82, 2.24) is 4.90 Å². The third kappa shape index (κ3) is 11.9. The topological polar surface area (TPSA) is 40.5 Å². The molecule has 0 aliphatic heterocycles. The molecule has 0 aromatic heterocycles. The molecule has 0 aliphatic rings. The van der Waals surface area contributed by atoms with Crippen LogP contribution in [0.15, 0.2) is 115 Å². The van der Waals surface area contributed by atoms with Crippen molar-refractivity contribution in [2.75, 3.05) is 13.1 Å². The second-order valence-electron chi connectivity index (χ2n) is 7.84. The van der Waals surface area contributed by atoms with E-state index in [4.69, 9.17) is 9.90 Å². The first-order valence-corrected chi connectivity index (χ1v) is 13.5. The van der Waals surface area contributed by atoms with Gasteiger partial charge in [-0.05, 0) is 49.5 Å². The SMILES string of the molecule is CC(=O)O.CCN(CC)Cc1[c-]cccc1.[Pd+2].c1ccc([PH+](c2ccccc2)c2ccccc2)cc1. The smallest absolute Gasteiger partial charge is 0.481 e. The number of hydrogen-bond acceptors (Lipinski definition) is 2. The third-order valence-electron chi connectivity index (χ3n) is 5.25. The largest absolute Gasteiger partial charge is 2.00 e. The quantitative estimate of drug-likeness (QED) is 0.173. The predicted octanol–water partition coefficient (Wildman–Crippen LogP) is 5.59. The maximum atomic E-state index is 9.00. The molecule has 4 rings (SSSR count). The number of benzene rings is 4. The van der Waals surface area contributed by atoms with Gasteiger partial charge in [0.05, 0.1) is 7.92 Å². The average molecular weight is 592 g/mol. The molecule has 0 aliphatic carbocycles. The van der Waals surface area contributed by atoms with E-state index in [0.717, 1.165) is 26.6 Å². The first kappa shape index (κ1) is 31.4. The molecule has 0 bridgehead atoms. The van der Waals surface area contributed by atoms with Crippen LogP contribution in [0.3, 0.4) is 0 Å². The van der Waals surface area contributed by atoms with Crippen LogP contribution in [0.5, 0.6) is 0 Å². The van der Waals surface area contributed by atoms with Crippen LogP contribution in [0.1, 0.15) is 26.3 Å². The molecule has 0 atom stereocenters. The van der Waals surface area contributed by atoms with E-state index >= 15 is 0 Å². The number of nitrogens with zero attached hydrogens (tertiary/aromatic N) is 1. The third-order valence-corrected chi connectivity index (χ3v) is 7.98. The molecule has 0 saturated heterocycles. The van der Waals surface area contributed by atoms with Gasteiger partial charge in [0, 0.05) is 13.5 Å². The Balaban J connectivity index is 0.000000329. The Morgan fingerprint density at radius 2 is 1.08 bits per heavy atom. The zero-order valence-electron chi connectivity index (χ0n) is 21.2. The predicted molar refractivity (Wildman–Crippen MR) is 152 cm³/mol. The summed E-state index contributed by atoms with van der Waals surface area (Å²) in [5.41, 5.74) is 1.28. The molecular weight excluding hydrogens is 556 g/mol. The van der Waals surface area contributed by atoms with Crippen molar-refractivity contribution >= 4 is 29.8 Å². The van der Waals surface area contributed by atoms with Crippen LogP contribution < -0.4 is 15.9 Å². The van der Waals surface area contributed by atoms with Gasteiger partial charge in [0.1, 0.15) is 15.9 Å². The van der Waals surface area contributed by atoms with Gasteiger partial charge in [-0.2, -0.15) is 30.3 Å². The Kier molecular flexibility index (Phi) is 16.3. The van der Waals surface area contributed by atoms with Crippen LogP contribution in [0.25, 0.3) is 0 Å². The minimum absolute atomic E-state index is 0. The van der Waals surface area contributed by atoms with E-state index in [-0.39, 0.29) is 20.4 Å². The van der Waals surface area contributed by atoms with Gasteiger partial charge >= 0.3 is 20.4 Å². The van der Waals surface area contributed by atoms with E-state index in [0.29, 0.717) is 0 Å². The monoisotopic (exact) mass is 591 g/mol. The standard InChI is InChI=1S/C18H15P.C11H16N.C2H4O2.Pd/c1-4-10-16(11-5-1)19(17-12-6-2-7-13-17)18-14-8-3-9-15-18;1-3-12(4-2)10-11-8-6-5-7-9-11;1-2(3)4;/h1-15H;5-8H,3-4,10H2,1-2H3;1H3,(H,3,4);/q;-1;;+2/p+1. The molecule has 4 aromatic rings. The molecule has 36 heavy (non-hydrogen) atoms. The second kappa shape index (κ2) is 18.6. The second-order valence-corrected chi connectivity index (χ2v) is 10.3. The molecule has 4 aromatic carbocycles. The van der Waals surface area contributed by atoms with Gasteiger partial charge in [0.15, 0.2) is 0 Å². The zero-order valence-corrected chi connectivity index (χ0v) is 23.8. The van der Waals surface area contributed by atoms with Crippen LogP contribution in [0, 0.1) is 6.07 Å². The van der Waals surface area contributed by atoms with Crippen molar-refractivity contribution in [3.8, 4) is 0 Å². The molecule has 0 saturated carbocycles. The maximum Gasteiger partial charge on any atom is 2.00 e. The summed E-state index contributed by atoms with van der Waals surface area (Å²) in [5, 5.41) is 11.7. The minimum Gasteiger partial charge on any atom is -0.481 e. The fraction of sp³-hybridized carbons (Fsp3) is 0.194. The molecule has 3 nitrogen and oxygen atoms in total. The number of aliphatic carboxylic acids is 1. The van der Waals surface area contributed by atoms with Crippen molar-refractivity contribution in [3.63, 3.8) is 0 Å². The maximum absolute atomic E-state index is 9.00. The van der Waals surface area contributed by atoms with Gasteiger partial charge in [-0.15, -0.1) is 5.56 Å². The van der Waals surface area contributed by atoms with E-state index < -0.39 is 13.9 Å². The van der Waals surface area contributed by atoms with E-state index in [2.05, 4.69) is 128 Å². The van der Waals surface area contributed by atoms with E-state index in [9.17, 15) is 0 Å². The Morgan fingerprint density at radius 1 is 0.722 bits per heavy atom. The Morgan fingerprint density at radius 3 is 1.39 bits per heavy atom. The Hall–Kier alpha value is -2.60. The van der Waals surface area contributed by atoms with E-state index in [1.807, 2.05) is 12.1 Å². The van der Waals surface area contributed by atoms with Gasteiger partial charge < -0.3 is 10.0 Å². The summed E-state index contributed by atoms with van der Waals surface area (Å²) in [6.45, 7) is 8.70. The molecule has 0 unspecified atom stereocenters. The molecule has 0 spiro atoms. The summed E-state index contributed by atoms with van der Waals surface area (Å²) in [5.74, 6) is -0.833. The molecular formula is C31H36NO2PPd+2. The molecule has 0 amide bonds. The molecule has 5 heteroatoms. The number of carbonyl (C=O) groups is 1. The fourth-order valence-corrected chi connectivity index (χ4v) is 6.11. The molecule has 0 fully saturated rings. The van der Waals surface area contributed by atoms with Crippen LogP contribution in [0.4, 0.5) is 0 Å². The average Bonchev–Trinajstić information content (AvgIpc) is 2.90. The van der Waals surface area contributed by atoms with Gasteiger partial charge in [-0.25, -0.2) is 0 Å². The molecule has 190 valence electrons. The molecule has 0 radical (unpaired) electrons. The number of carboxylic acid groups (broad SMARTS) is 1. The summed E-state index contributed by atoms with van der Waals surface area (Å²) < 4.78 is 0. The first-order valence-electron chi connectivity index (χ1n) is 12.0. The Bertz CT molecular complexity index is 979. The molecule has 1 N–H and O–H groups in total. The summed E-state index contributed by atoms with van der Waals surface area (Å²) in [6, 6.07) is 43.9. The van der Waals surface area contributed by atoms with Crippen molar-refractivity contribution < 1.29 is 30.3 Å². The zero-order chi connectivity index (χ0) is 25.3. The summed E-state index contributed by atoms with van der Waals surface area (Å²) >= 11 is 0. The van der Waals surface area contributed by atoms with E-state index in [1.165, 1.54) is 21.5 Å². The fourth-order valence-electron chi connectivity index (χ4n) is 3.53. The van der Waals surface area contributed by atoms with Crippen LogP contribution in [-0.4, -0.2) is 29.1 Å². The number of hydrogen-bond donors (Lipinski definition) is 1. The van der Waals surface area contributed by atoms with E-state index in [1.54, 1.807) is 0 Å². The normalized spacial score (nSPS) is 9.81. The molecule has 0 heterocycles. The van der Waals surface area contributed by atoms with Gasteiger partial charge in [-0.1, -0.05) is 68.4 Å². The van der Waals surface area contributed by atoms with Gasteiger partial charge in [0.2, 0.25) is 0 Å². The van der Waals surface area contributed by atoms with Crippen LogP contribution in [-0.2, 0) is 31.8 Å². The summed E-state index contributed by atoms with van der Waals surface area (Å²) in [6.07, 6.45) is 0. The minimum atomic E-state index is -0.877. The number of carboxylic acids is 1. The van der Waals surface area contributed by atoms with Crippen molar-refractivity contribution in [2.45, 2.75) is 27.3 Å². The van der Waals surface area contributed by atoms with Gasteiger partial charge in [-0.3, -0.25) is 4.79 Å².